The van der Waals surface area contributed by atoms with Crippen LogP contribution in [0.1, 0.15) is 86.4 Å². The molecule has 14 rings (SSSR count). The largest absolute Gasteiger partial charge is 0.496 e. The summed E-state index contributed by atoms with van der Waals surface area (Å²) in [5.74, 6) is -19.8. The number of fused-ring (bicyclic) bond motifs is 9. The van der Waals surface area contributed by atoms with Crippen LogP contribution in [0.25, 0.3) is 5.83 Å². The van der Waals surface area contributed by atoms with Gasteiger partial charge in [0.15, 0.2) is 98.2 Å². The van der Waals surface area contributed by atoms with Crippen LogP contribution in [0.4, 0.5) is 61.5 Å². The lowest BCUT2D eigenvalue weighted by Crippen LogP contribution is -2.44. The van der Waals surface area contributed by atoms with E-state index in [0.717, 1.165) is 61.6 Å². The van der Waals surface area contributed by atoms with E-state index in [1.54, 1.807) is 0 Å². The van der Waals surface area contributed by atoms with Crippen molar-refractivity contribution in [3.63, 3.8) is 0 Å². The molecule has 5 aromatic rings. The predicted molar refractivity (Wildman–Crippen MR) is 314 cm³/mol. The van der Waals surface area contributed by atoms with Crippen molar-refractivity contribution in [2.75, 3.05) is 98.4 Å². The second-order valence-corrected chi connectivity index (χ2v) is 33.3. The van der Waals surface area contributed by atoms with E-state index in [1.165, 1.54) is 38.5 Å². The topological polar surface area (TPSA) is 283 Å². The fraction of sp³-hybridized carbons (Fsp3) is 0.467. The average Bonchev–Trinajstić information content (AvgIpc) is 1.84. The first kappa shape index (κ1) is 76.5. The molecule has 100 heavy (non-hydrogen) atoms. The molecule has 8 atom stereocenters. The van der Waals surface area contributed by atoms with E-state index in [0.29, 0.717) is 6.07 Å². The number of sulfone groups is 5. The fourth-order valence-electron chi connectivity index (χ4n) is 13.0. The van der Waals surface area contributed by atoms with Gasteiger partial charge in [-0.15, -0.1) is 0 Å². The van der Waals surface area contributed by atoms with E-state index in [-0.39, 0.29) is 101 Å². The summed E-state index contributed by atoms with van der Waals surface area (Å²) in [6.07, 6.45) is -13.6. The molecule has 4 aliphatic heterocycles. The molecule has 0 amide bonds. The van der Waals surface area contributed by atoms with Crippen molar-refractivity contribution in [1.29, 1.82) is 0 Å². The first-order valence-electron chi connectivity index (χ1n) is 29.0. The molecule has 0 bridgehead atoms. The van der Waals surface area contributed by atoms with E-state index in [4.69, 9.17) is 47.4 Å². The highest BCUT2D eigenvalue weighted by Crippen LogP contribution is 2.63. The van der Waals surface area contributed by atoms with Crippen molar-refractivity contribution in [3.05, 3.63) is 140 Å². The zero-order valence-electron chi connectivity index (χ0n) is 52.5. The van der Waals surface area contributed by atoms with E-state index < -0.39 is 200 Å². The number of aliphatic hydroxyl groups excluding tert-OH is 1. The zero-order valence-corrected chi connectivity index (χ0v) is 56.6. The Balaban J connectivity index is 0.000000135. The molecular formula is C60H56F14O21S5. The molecule has 4 heterocycles. The lowest BCUT2D eigenvalue weighted by atomic mass is 10.1. The molecule has 9 aliphatic rings. The minimum absolute atomic E-state index is 0.0215. The second-order valence-electron chi connectivity index (χ2n) is 23.3. The maximum atomic E-state index is 14.5. The molecule has 40 heteroatoms. The maximum absolute atomic E-state index is 14.5. The number of ether oxygens (including phenoxy) is 10. The van der Waals surface area contributed by atoms with Crippen molar-refractivity contribution in [2.24, 2.45) is 0 Å². The quantitative estimate of drug-likeness (QED) is 0.117. The van der Waals surface area contributed by atoms with Gasteiger partial charge in [-0.2, -0.15) is 8.78 Å². The number of hydrogen-bond acceptors (Lipinski definition) is 21. The highest BCUT2D eigenvalue weighted by atomic mass is 32.2. The van der Waals surface area contributed by atoms with Gasteiger partial charge in [-0.05, 0) is 60.7 Å². The summed E-state index contributed by atoms with van der Waals surface area (Å²) in [7, 11) is -16.5. The highest BCUT2D eigenvalue weighted by Gasteiger charge is 2.73. The van der Waals surface area contributed by atoms with Crippen LogP contribution in [0.5, 0.6) is 11.5 Å². The number of hydrogen-bond donors (Lipinski definition) is 1. The fourth-order valence-corrected chi connectivity index (χ4v) is 17.7. The Labute approximate surface area is 560 Å². The normalized spacial score (nSPS) is 25.8. The van der Waals surface area contributed by atoms with Crippen LogP contribution in [0.15, 0.2) is 91.0 Å². The van der Waals surface area contributed by atoms with Crippen molar-refractivity contribution in [3.8, 4) is 11.5 Å². The summed E-state index contributed by atoms with van der Waals surface area (Å²) >= 11 is 0. The summed E-state index contributed by atoms with van der Waals surface area (Å²) in [6, 6.07) is 9.96. The third-order valence-electron chi connectivity index (χ3n) is 17.1. The number of benzene rings is 5. The number of alkyl halides is 9. The van der Waals surface area contributed by atoms with Gasteiger partial charge in [-0.25, -0.2) is 94.8 Å². The van der Waals surface area contributed by atoms with Gasteiger partial charge in [-0.1, -0.05) is 0 Å². The lowest BCUT2D eigenvalue weighted by Gasteiger charge is -2.30. The van der Waals surface area contributed by atoms with Crippen LogP contribution < -0.4 is 9.47 Å². The van der Waals surface area contributed by atoms with Gasteiger partial charge in [0.1, 0.15) is 35.1 Å². The summed E-state index contributed by atoms with van der Waals surface area (Å²) in [5.41, 5.74) is -4.79. The molecule has 0 unspecified atom stereocenters. The molecule has 4 saturated heterocycles. The molecule has 1 N–H and O–H groups in total. The van der Waals surface area contributed by atoms with Gasteiger partial charge in [0.25, 0.3) is 11.6 Å². The molecule has 4 spiro atoms. The van der Waals surface area contributed by atoms with Crippen molar-refractivity contribution in [1.82, 2.24) is 0 Å². The molecule has 0 saturated carbocycles. The van der Waals surface area contributed by atoms with Crippen LogP contribution >= 0.6 is 0 Å². The maximum Gasteiger partial charge on any atom is 0.340 e. The van der Waals surface area contributed by atoms with E-state index in [2.05, 4.69) is 0 Å². The lowest BCUT2D eigenvalue weighted by molar-refractivity contribution is -0.308. The molecule has 0 aromatic heterocycles. The minimum atomic E-state index is -4.23. The Morgan fingerprint density at radius 2 is 0.760 bits per heavy atom. The van der Waals surface area contributed by atoms with Crippen molar-refractivity contribution in [2.45, 2.75) is 103 Å². The zero-order chi connectivity index (χ0) is 74.1. The van der Waals surface area contributed by atoms with Gasteiger partial charge in [0.05, 0.1) is 103 Å². The number of rotatable bonds is 7. The highest BCUT2D eigenvalue weighted by molar-refractivity contribution is 7.91. The Kier molecular flexibility index (Phi) is 20.3. The predicted octanol–water partition coefficient (Wildman–Crippen LogP) is 9.08. The van der Waals surface area contributed by atoms with Crippen LogP contribution in [-0.4, -0.2) is 170 Å². The summed E-state index contributed by atoms with van der Waals surface area (Å²) < 4.78 is 365. The first-order valence-corrected chi connectivity index (χ1v) is 38.4. The Bertz CT molecular complexity index is 4710. The van der Waals surface area contributed by atoms with Crippen LogP contribution in [0, 0.1) is 17.5 Å². The molecule has 4 fully saturated rings. The number of halogens is 14. The van der Waals surface area contributed by atoms with Crippen molar-refractivity contribution >= 4 is 55.0 Å². The smallest absolute Gasteiger partial charge is 0.340 e. The Hall–Kier alpha value is -6.15. The summed E-state index contributed by atoms with van der Waals surface area (Å²) in [5, 5.41) is 9.65. The standard InChI is InChI=1S/C13H14F2O5S.C12H10F4O4S.C12H11F3O4S.C12H9F3O4S.C11H12F2O4S/c1-18-7-3-4-8(21(2,16)17)10-9(7)11(14)12(15)13(10)19-5-6-20-13;1-21(17,18)7-3-2-6(13)8-9(7)12(19-4-5-20-12)11(15,16)10(8)14;2*1-20(16,17)7-3-2-6(13)8-9(7)12(11(15)10(8)14)18-4-5-19-12;1-17-5-3-4-6(18(2,15)16)8-7(5)9(12)10(13)11(8)14/h3-4,11-12H,5-6H2,1-2H3;2-3,10H,4-5H2,1H3;2-3,10-11H,4-5H2,1H3;2-3H,4-5H2,1H3;3-4,9-11,14H,1-2H3/t11-,12-;10-;10-,11-;;9-,10-,11+/m111.1/s1. The molecule has 0 radical (unpaired) electrons. The average molecular weight is 1540 g/mol. The Morgan fingerprint density at radius 3 is 1.20 bits per heavy atom. The monoisotopic (exact) mass is 1540 g/mol. The van der Waals surface area contributed by atoms with E-state index >= 15 is 0 Å². The molecule has 5 aromatic carbocycles. The van der Waals surface area contributed by atoms with E-state index in [9.17, 15) is 109 Å². The van der Waals surface area contributed by atoms with Crippen LogP contribution in [-0.2, 0) is 110 Å². The minimum Gasteiger partial charge on any atom is -0.496 e. The number of methoxy groups -OCH3 is 2. The van der Waals surface area contributed by atoms with Gasteiger partial charge >= 0.3 is 5.92 Å². The van der Waals surface area contributed by atoms with Crippen LogP contribution in [0.3, 0.4) is 0 Å². The first-order chi connectivity index (χ1) is 46.3. The molecular weight excluding hydrogens is 1480 g/mol. The van der Waals surface area contributed by atoms with Crippen LogP contribution in [0.2, 0.25) is 0 Å². The van der Waals surface area contributed by atoms with Gasteiger partial charge in [-0.3, -0.25) is 0 Å². The van der Waals surface area contributed by atoms with Gasteiger partial charge in [0.2, 0.25) is 17.4 Å². The third-order valence-corrected chi connectivity index (χ3v) is 22.8. The molecule has 550 valence electrons. The van der Waals surface area contributed by atoms with Gasteiger partial charge in [0, 0.05) is 75.8 Å². The Morgan fingerprint density at radius 1 is 0.410 bits per heavy atom. The van der Waals surface area contributed by atoms with Crippen molar-refractivity contribution < 1.29 is 156 Å². The van der Waals surface area contributed by atoms with E-state index in [1.807, 2.05) is 0 Å². The summed E-state index contributed by atoms with van der Waals surface area (Å²) in [4.78, 5) is -1.89. The molecule has 21 nitrogen and oxygen atoms in total. The summed E-state index contributed by atoms with van der Waals surface area (Å²) in [6.45, 7) is -0.582. The number of aliphatic hydroxyl groups is 1. The third kappa shape index (κ3) is 12.1. The molecule has 5 aliphatic carbocycles. The van der Waals surface area contributed by atoms with Gasteiger partial charge < -0.3 is 52.5 Å². The SMILES string of the molecule is COc1ccc(S(C)(=O)=O)c2c1[C@@H](F)[C@@H](F)C21OCCO1.COc1ccc(S(C)(=O)=O)c2c1[C@@H](F)[C@@H](F)[C@H]2O.CS(=O)(=O)c1ccc(F)c2c1C1(OCCO1)C(F)(F)[C@@H]2F.CS(=O)(=O)c1ccc(F)c2c1C1(OCCO1)C(F)=C2F.CS(=O)(=O)c1ccc(F)c2c1C1(OCCO1)[C@H](F)[C@@H]2F. The second kappa shape index (κ2) is 26.5.